The van der Waals surface area contributed by atoms with Crippen molar-refractivity contribution in [3.8, 4) is 0 Å². The summed E-state index contributed by atoms with van der Waals surface area (Å²) in [6, 6.07) is 4.72. The summed E-state index contributed by atoms with van der Waals surface area (Å²) in [6.07, 6.45) is 5.15. The fourth-order valence-corrected chi connectivity index (χ4v) is 4.08. The highest BCUT2D eigenvalue weighted by Gasteiger charge is 2.28. The molecule has 0 radical (unpaired) electrons. The molecule has 0 atom stereocenters. The van der Waals surface area contributed by atoms with E-state index in [0.717, 1.165) is 36.2 Å². The number of benzene rings is 1. The van der Waals surface area contributed by atoms with E-state index in [1.54, 1.807) is 18.0 Å². The Morgan fingerprint density at radius 1 is 1.26 bits per heavy atom. The van der Waals surface area contributed by atoms with Crippen molar-refractivity contribution in [1.29, 1.82) is 0 Å². The number of carbonyl (C=O) groups is 1. The molecular formula is C15H20Cl2N2O3S. The van der Waals surface area contributed by atoms with Crippen LogP contribution < -0.4 is 4.31 Å². The second kappa shape index (κ2) is 7.28. The van der Waals surface area contributed by atoms with Gasteiger partial charge in [0.2, 0.25) is 15.9 Å². The SMILES string of the molecule is CN(C(=O)CN(c1cc(Cl)ccc1Cl)S(C)(=O)=O)C1CCCC1. The van der Waals surface area contributed by atoms with Crippen molar-refractivity contribution < 1.29 is 13.2 Å². The minimum absolute atomic E-state index is 0.179. The quantitative estimate of drug-likeness (QED) is 0.790. The maximum absolute atomic E-state index is 12.5. The van der Waals surface area contributed by atoms with Crippen LogP contribution in [0, 0.1) is 0 Å². The van der Waals surface area contributed by atoms with E-state index in [-0.39, 0.29) is 29.2 Å². The molecule has 1 aromatic rings. The first-order valence-corrected chi connectivity index (χ1v) is 9.99. The van der Waals surface area contributed by atoms with Gasteiger partial charge >= 0.3 is 0 Å². The normalized spacial score (nSPS) is 15.7. The van der Waals surface area contributed by atoms with Crippen molar-refractivity contribution >= 4 is 44.8 Å². The highest BCUT2D eigenvalue weighted by molar-refractivity contribution is 7.92. The van der Waals surface area contributed by atoms with Crippen LogP contribution in [0.3, 0.4) is 0 Å². The second-order valence-electron chi connectivity index (χ2n) is 5.81. The fourth-order valence-electron chi connectivity index (χ4n) is 2.79. The zero-order valence-electron chi connectivity index (χ0n) is 13.1. The maximum Gasteiger partial charge on any atom is 0.243 e. The monoisotopic (exact) mass is 378 g/mol. The molecule has 128 valence electrons. The molecule has 1 aliphatic rings. The third kappa shape index (κ3) is 4.52. The lowest BCUT2D eigenvalue weighted by molar-refractivity contribution is -0.130. The van der Waals surface area contributed by atoms with Crippen molar-refractivity contribution in [3.05, 3.63) is 28.2 Å². The van der Waals surface area contributed by atoms with Crippen LogP contribution in [0.25, 0.3) is 0 Å². The molecule has 1 aromatic carbocycles. The Kier molecular flexibility index (Phi) is 5.81. The van der Waals surface area contributed by atoms with Crippen LogP contribution >= 0.6 is 23.2 Å². The summed E-state index contributed by atoms with van der Waals surface area (Å²) < 4.78 is 25.3. The van der Waals surface area contributed by atoms with E-state index in [4.69, 9.17) is 23.2 Å². The molecule has 1 saturated carbocycles. The van der Waals surface area contributed by atoms with E-state index in [0.29, 0.717) is 5.02 Å². The van der Waals surface area contributed by atoms with Crippen molar-refractivity contribution in [2.24, 2.45) is 0 Å². The van der Waals surface area contributed by atoms with Gasteiger partial charge in [-0.25, -0.2) is 8.42 Å². The number of amides is 1. The highest BCUT2D eigenvalue weighted by Crippen LogP contribution is 2.31. The third-order valence-corrected chi connectivity index (χ3v) is 5.80. The molecule has 0 heterocycles. The summed E-state index contributed by atoms with van der Waals surface area (Å²) in [6.45, 7) is -0.286. The first-order chi connectivity index (χ1) is 10.7. The zero-order valence-corrected chi connectivity index (χ0v) is 15.5. The van der Waals surface area contributed by atoms with Crippen LogP contribution in [0.5, 0.6) is 0 Å². The topological polar surface area (TPSA) is 57.7 Å². The molecule has 1 aliphatic carbocycles. The van der Waals surface area contributed by atoms with Gasteiger partial charge in [-0.2, -0.15) is 0 Å². The van der Waals surface area contributed by atoms with Crippen LogP contribution in [0.2, 0.25) is 10.0 Å². The predicted octanol–water partition coefficient (Wildman–Crippen LogP) is 3.16. The molecule has 0 saturated heterocycles. The van der Waals surface area contributed by atoms with Gasteiger partial charge in [0, 0.05) is 18.1 Å². The molecule has 1 amide bonds. The number of hydrogen-bond acceptors (Lipinski definition) is 3. The highest BCUT2D eigenvalue weighted by atomic mass is 35.5. The molecular weight excluding hydrogens is 359 g/mol. The molecule has 0 unspecified atom stereocenters. The Labute approximate surface area is 147 Å². The van der Waals surface area contributed by atoms with E-state index in [1.807, 2.05) is 0 Å². The summed E-state index contributed by atoms with van der Waals surface area (Å²) in [5.74, 6) is -0.252. The Bertz CT molecular complexity index is 688. The van der Waals surface area contributed by atoms with Crippen molar-refractivity contribution in [1.82, 2.24) is 4.90 Å². The van der Waals surface area contributed by atoms with Crippen LogP contribution in [-0.4, -0.2) is 45.1 Å². The summed E-state index contributed by atoms with van der Waals surface area (Å²) in [5.41, 5.74) is 0.217. The van der Waals surface area contributed by atoms with Crippen molar-refractivity contribution in [2.75, 3.05) is 24.2 Å². The number of halogens is 2. The number of rotatable bonds is 5. The Balaban J connectivity index is 2.26. The van der Waals surface area contributed by atoms with Gasteiger partial charge in [0.05, 0.1) is 17.0 Å². The number of carbonyl (C=O) groups excluding carboxylic acids is 1. The number of nitrogens with zero attached hydrogens (tertiary/aromatic N) is 2. The predicted molar refractivity (Wildman–Crippen MR) is 93.7 cm³/mol. The molecule has 1 fully saturated rings. The molecule has 8 heteroatoms. The van der Waals surface area contributed by atoms with Gasteiger partial charge in [-0.05, 0) is 31.0 Å². The van der Waals surface area contributed by atoms with Gasteiger partial charge in [0.25, 0.3) is 0 Å². The minimum Gasteiger partial charge on any atom is -0.341 e. The number of anilines is 1. The minimum atomic E-state index is -3.67. The van der Waals surface area contributed by atoms with E-state index in [2.05, 4.69) is 0 Å². The smallest absolute Gasteiger partial charge is 0.243 e. The second-order valence-corrected chi connectivity index (χ2v) is 8.56. The van der Waals surface area contributed by atoms with Crippen molar-refractivity contribution in [2.45, 2.75) is 31.7 Å². The molecule has 0 spiro atoms. The first-order valence-electron chi connectivity index (χ1n) is 7.38. The van der Waals surface area contributed by atoms with Gasteiger partial charge in [0.1, 0.15) is 6.54 Å². The first kappa shape index (κ1) is 18.4. The third-order valence-electron chi connectivity index (χ3n) is 4.12. The number of likely N-dealkylation sites (N-methyl/N-ethyl adjacent to an activating group) is 1. The van der Waals surface area contributed by atoms with E-state index in [1.165, 1.54) is 12.1 Å². The average molecular weight is 379 g/mol. The molecule has 0 bridgehead atoms. The Morgan fingerprint density at radius 2 is 1.87 bits per heavy atom. The lowest BCUT2D eigenvalue weighted by atomic mass is 10.2. The summed E-state index contributed by atoms with van der Waals surface area (Å²) in [7, 11) is -1.95. The van der Waals surface area contributed by atoms with Gasteiger partial charge in [0.15, 0.2) is 0 Å². The van der Waals surface area contributed by atoms with Gasteiger partial charge < -0.3 is 4.90 Å². The van der Waals surface area contributed by atoms with E-state index >= 15 is 0 Å². The molecule has 0 N–H and O–H groups in total. The number of hydrogen-bond donors (Lipinski definition) is 0. The lowest BCUT2D eigenvalue weighted by Gasteiger charge is -2.29. The van der Waals surface area contributed by atoms with Crippen LogP contribution in [0.1, 0.15) is 25.7 Å². The Morgan fingerprint density at radius 3 is 2.43 bits per heavy atom. The number of sulfonamides is 1. The molecule has 5 nitrogen and oxygen atoms in total. The van der Waals surface area contributed by atoms with Gasteiger partial charge in [-0.3, -0.25) is 9.10 Å². The van der Waals surface area contributed by atoms with Gasteiger partial charge in [-0.15, -0.1) is 0 Å². The van der Waals surface area contributed by atoms with Crippen LogP contribution in [0.15, 0.2) is 18.2 Å². The van der Waals surface area contributed by atoms with Gasteiger partial charge in [-0.1, -0.05) is 36.0 Å². The van der Waals surface area contributed by atoms with Crippen molar-refractivity contribution in [3.63, 3.8) is 0 Å². The molecule has 0 aromatic heterocycles. The molecule has 23 heavy (non-hydrogen) atoms. The zero-order chi connectivity index (χ0) is 17.2. The van der Waals surface area contributed by atoms with Crippen LogP contribution in [-0.2, 0) is 14.8 Å². The fraction of sp³-hybridized carbons (Fsp3) is 0.533. The molecule has 2 rings (SSSR count). The standard InChI is InChI=1S/C15H20Cl2N2O3S/c1-18(12-5-3-4-6-12)15(20)10-19(23(2,21)22)14-9-11(16)7-8-13(14)17/h7-9,12H,3-6,10H2,1-2H3. The van der Waals surface area contributed by atoms with E-state index < -0.39 is 10.0 Å². The largest absolute Gasteiger partial charge is 0.341 e. The summed E-state index contributed by atoms with van der Waals surface area (Å²) >= 11 is 12.0. The summed E-state index contributed by atoms with van der Waals surface area (Å²) in [5, 5.41) is 0.589. The van der Waals surface area contributed by atoms with E-state index in [9.17, 15) is 13.2 Å². The average Bonchev–Trinajstić information content (AvgIpc) is 2.99. The summed E-state index contributed by atoms with van der Waals surface area (Å²) in [4.78, 5) is 14.1. The lowest BCUT2D eigenvalue weighted by Crippen LogP contribution is -2.44. The molecule has 0 aliphatic heterocycles. The maximum atomic E-state index is 12.5. The Hall–Kier alpha value is -0.980. The van der Waals surface area contributed by atoms with Crippen LogP contribution in [0.4, 0.5) is 5.69 Å².